The molecule has 2 aliphatic rings. The number of benzene rings is 1. The molecule has 1 fully saturated rings. The monoisotopic (exact) mass is 366 g/mol. The molecule has 0 aliphatic carbocycles. The number of hydrogen-bond donors (Lipinski definition) is 1. The predicted molar refractivity (Wildman–Crippen MR) is 103 cm³/mol. The van der Waals surface area contributed by atoms with E-state index in [1.54, 1.807) is 0 Å². The number of likely N-dealkylation sites (tertiary alicyclic amines) is 1. The lowest BCUT2D eigenvalue weighted by molar-refractivity contribution is -0.142. The van der Waals surface area contributed by atoms with Crippen LogP contribution < -0.4 is 5.32 Å². The Hall–Kier alpha value is -2.31. The second kappa shape index (κ2) is 7.37. The minimum Gasteiger partial charge on any atom is -0.368 e. The molecule has 142 valence electrons. The largest absolute Gasteiger partial charge is 0.368 e. The number of likely N-dealkylation sites (N-methyl/N-ethyl adjacent to an activating group) is 1. The Morgan fingerprint density at radius 1 is 1.26 bits per heavy atom. The third kappa shape index (κ3) is 3.35. The molecule has 1 saturated heterocycles. The van der Waals surface area contributed by atoms with Crippen LogP contribution in [0.25, 0.3) is 11.4 Å². The molecule has 1 amide bonds. The van der Waals surface area contributed by atoms with E-state index < -0.39 is 5.60 Å². The molecule has 1 aromatic carbocycles. The Balaban J connectivity index is 1.61. The maximum absolute atomic E-state index is 12.5. The van der Waals surface area contributed by atoms with Crippen LogP contribution in [-0.4, -0.2) is 53.6 Å². The Morgan fingerprint density at radius 2 is 2.00 bits per heavy atom. The Kier molecular flexibility index (Phi) is 4.93. The smallest absolute Gasteiger partial charge is 0.239 e. The lowest BCUT2D eigenvalue weighted by Gasteiger charge is -2.44. The van der Waals surface area contributed by atoms with E-state index in [2.05, 4.69) is 10.3 Å². The summed E-state index contributed by atoms with van der Waals surface area (Å²) in [5, 5.41) is 3.03. The number of nitrogens with zero attached hydrogens (tertiary/aromatic N) is 3. The van der Waals surface area contributed by atoms with Crippen LogP contribution >= 0.6 is 0 Å². The van der Waals surface area contributed by atoms with Gasteiger partial charge >= 0.3 is 0 Å². The fourth-order valence-electron chi connectivity index (χ4n) is 4.00. The quantitative estimate of drug-likeness (QED) is 0.901. The zero-order valence-electron chi connectivity index (χ0n) is 15.9. The van der Waals surface area contributed by atoms with E-state index in [0.29, 0.717) is 19.7 Å². The molecule has 1 atom stereocenters. The van der Waals surface area contributed by atoms with Crippen molar-refractivity contribution in [1.29, 1.82) is 0 Å². The summed E-state index contributed by atoms with van der Waals surface area (Å²) in [4.78, 5) is 23.9. The minimum atomic E-state index is -0.403. The summed E-state index contributed by atoms with van der Waals surface area (Å²) in [5.74, 6) is 0.887. The van der Waals surface area contributed by atoms with Gasteiger partial charge in [-0.05, 0) is 38.8 Å². The fraction of sp³-hybridized carbons (Fsp3) is 0.476. The summed E-state index contributed by atoms with van der Waals surface area (Å²) >= 11 is 0. The van der Waals surface area contributed by atoms with Gasteiger partial charge in [0.25, 0.3) is 0 Å². The van der Waals surface area contributed by atoms with Crippen LogP contribution in [0, 0.1) is 0 Å². The molecule has 0 saturated carbocycles. The van der Waals surface area contributed by atoms with Crippen LogP contribution in [0.15, 0.2) is 36.5 Å². The van der Waals surface area contributed by atoms with Gasteiger partial charge in [0, 0.05) is 24.8 Å². The average Bonchev–Trinajstić information content (AvgIpc) is 2.74. The lowest BCUT2D eigenvalue weighted by atomic mass is 9.83. The first-order valence-corrected chi connectivity index (χ1v) is 9.65. The molecular formula is C21H26N4O2. The molecule has 3 heterocycles. The van der Waals surface area contributed by atoms with Gasteiger partial charge in [0.05, 0.1) is 18.3 Å². The Morgan fingerprint density at radius 3 is 2.70 bits per heavy atom. The normalized spacial score (nSPS) is 19.6. The first-order valence-electron chi connectivity index (χ1n) is 9.65. The molecule has 2 aliphatic heterocycles. The Labute approximate surface area is 160 Å². The number of ether oxygens (including phenoxy) is 1. The molecule has 27 heavy (non-hydrogen) atoms. The number of carbonyl (C=O) groups excluding carboxylic acids is 1. The highest BCUT2D eigenvalue weighted by molar-refractivity contribution is 5.81. The molecule has 6 nitrogen and oxygen atoms in total. The van der Waals surface area contributed by atoms with Gasteiger partial charge < -0.3 is 15.0 Å². The third-order valence-corrected chi connectivity index (χ3v) is 5.76. The van der Waals surface area contributed by atoms with E-state index >= 15 is 0 Å². The van der Waals surface area contributed by atoms with Crippen LogP contribution in [-0.2, 0) is 21.6 Å². The number of nitrogens with one attached hydrogen (secondary N) is 1. The van der Waals surface area contributed by atoms with E-state index in [0.717, 1.165) is 36.3 Å². The van der Waals surface area contributed by atoms with Crippen LogP contribution in [0.4, 0.5) is 0 Å². The van der Waals surface area contributed by atoms with Crippen LogP contribution in [0.3, 0.4) is 0 Å². The van der Waals surface area contributed by atoms with Crippen molar-refractivity contribution >= 4 is 5.91 Å². The molecule has 0 radical (unpaired) electrons. The van der Waals surface area contributed by atoms with Crippen molar-refractivity contribution in [2.75, 3.05) is 26.7 Å². The van der Waals surface area contributed by atoms with E-state index in [-0.39, 0.29) is 11.9 Å². The van der Waals surface area contributed by atoms with Crippen molar-refractivity contribution in [3.63, 3.8) is 0 Å². The third-order valence-electron chi connectivity index (χ3n) is 5.76. The van der Waals surface area contributed by atoms with Gasteiger partial charge in [-0.1, -0.05) is 30.3 Å². The summed E-state index contributed by atoms with van der Waals surface area (Å²) < 4.78 is 6.29. The molecule has 0 bridgehead atoms. The topological polar surface area (TPSA) is 67.4 Å². The average molecular weight is 366 g/mol. The zero-order valence-corrected chi connectivity index (χ0v) is 15.9. The SMILES string of the molecule is CN[C@@H](C)C(=O)N1CCC2(CC1)OCCc1cnc(-c3ccccc3)nc12. The predicted octanol–water partition coefficient (Wildman–Crippen LogP) is 2.14. The van der Waals surface area contributed by atoms with Crippen molar-refractivity contribution in [3.8, 4) is 11.4 Å². The van der Waals surface area contributed by atoms with Gasteiger partial charge in [-0.25, -0.2) is 9.97 Å². The van der Waals surface area contributed by atoms with E-state index in [1.807, 2.05) is 55.4 Å². The molecular weight excluding hydrogens is 340 g/mol. The van der Waals surface area contributed by atoms with Crippen molar-refractivity contribution < 1.29 is 9.53 Å². The maximum atomic E-state index is 12.5. The lowest BCUT2D eigenvalue weighted by Crippen LogP contribution is -2.52. The van der Waals surface area contributed by atoms with Gasteiger partial charge in [-0.15, -0.1) is 0 Å². The van der Waals surface area contributed by atoms with E-state index in [1.165, 1.54) is 5.56 Å². The summed E-state index contributed by atoms with van der Waals surface area (Å²) in [6.07, 6.45) is 4.34. The van der Waals surface area contributed by atoms with Gasteiger partial charge in [0.1, 0.15) is 5.60 Å². The van der Waals surface area contributed by atoms with Gasteiger partial charge in [-0.3, -0.25) is 4.79 Å². The molecule has 1 aromatic heterocycles. The zero-order chi connectivity index (χ0) is 18.9. The summed E-state index contributed by atoms with van der Waals surface area (Å²) in [5.41, 5.74) is 2.79. The maximum Gasteiger partial charge on any atom is 0.239 e. The number of aromatic nitrogens is 2. The standard InChI is InChI=1S/C21H26N4O2/c1-15(22-2)20(26)25-11-9-21(10-12-25)18-17(8-13-27-21)14-23-19(24-18)16-6-4-3-5-7-16/h3-7,14-15,22H,8-13H2,1-2H3/t15-/m0/s1. The molecule has 6 heteroatoms. The van der Waals surface area contributed by atoms with Gasteiger partial charge in [0.2, 0.25) is 5.91 Å². The van der Waals surface area contributed by atoms with Crippen LogP contribution in [0.1, 0.15) is 31.0 Å². The second-order valence-corrected chi connectivity index (χ2v) is 7.36. The highest BCUT2D eigenvalue weighted by Gasteiger charge is 2.43. The summed E-state index contributed by atoms with van der Waals surface area (Å²) in [6.45, 7) is 3.96. The number of carbonyl (C=O) groups is 1. The molecule has 1 spiro atoms. The summed E-state index contributed by atoms with van der Waals surface area (Å²) in [6, 6.07) is 9.88. The van der Waals surface area contributed by atoms with E-state index in [4.69, 9.17) is 9.72 Å². The molecule has 1 N–H and O–H groups in total. The van der Waals surface area contributed by atoms with E-state index in [9.17, 15) is 4.79 Å². The number of piperidine rings is 1. The number of fused-ring (bicyclic) bond motifs is 2. The molecule has 0 unspecified atom stereocenters. The van der Waals surface area contributed by atoms with Gasteiger partial charge in [-0.2, -0.15) is 0 Å². The van der Waals surface area contributed by atoms with Crippen LogP contribution in [0.5, 0.6) is 0 Å². The Bertz CT molecular complexity index is 816. The van der Waals surface area contributed by atoms with Crippen molar-refractivity contribution in [2.45, 2.75) is 37.8 Å². The van der Waals surface area contributed by atoms with Crippen molar-refractivity contribution in [1.82, 2.24) is 20.2 Å². The van der Waals surface area contributed by atoms with Crippen molar-refractivity contribution in [2.24, 2.45) is 0 Å². The van der Waals surface area contributed by atoms with Crippen molar-refractivity contribution in [3.05, 3.63) is 47.8 Å². The number of amides is 1. The molecule has 4 rings (SSSR count). The number of rotatable bonds is 3. The highest BCUT2D eigenvalue weighted by Crippen LogP contribution is 2.41. The first-order chi connectivity index (χ1) is 13.1. The molecule has 2 aromatic rings. The highest BCUT2D eigenvalue weighted by atomic mass is 16.5. The summed E-state index contributed by atoms with van der Waals surface area (Å²) in [7, 11) is 1.82. The van der Waals surface area contributed by atoms with Gasteiger partial charge in [0.15, 0.2) is 5.82 Å². The number of hydrogen-bond acceptors (Lipinski definition) is 5. The first kappa shape index (κ1) is 18.1. The van der Waals surface area contributed by atoms with Crippen LogP contribution in [0.2, 0.25) is 0 Å². The minimum absolute atomic E-state index is 0.149. The fourth-order valence-corrected chi connectivity index (χ4v) is 4.00. The second-order valence-electron chi connectivity index (χ2n) is 7.36.